The second-order valence-electron chi connectivity index (χ2n) is 9.68. The summed E-state index contributed by atoms with van der Waals surface area (Å²) in [6, 6.07) is 1.65. The Morgan fingerprint density at radius 2 is 1.88 bits per heavy atom. The van der Waals surface area contributed by atoms with E-state index in [9.17, 15) is 14.7 Å². The molecule has 2 N–H and O–H groups in total. The van der Waals surface area contributed by atoms with Gasteiger partial charge in [-0.2, -0.15) is 0 Å². The molecule has 184 valence electrons. The molecule has 0 aromatic carbocycles. The summed E-state index contributed by atoms with van der Waals surface area (Å²) >= 11 is 0. The number of nitrogens with one attached hydrogen (secondary N) is 1. The van der Waals surface area contributed by atoms with E-state index in [-0.39, 0.29) is 53.3 Å². The van der Waals surface area contributed by atoms with Crippen molar-refractivity contribution in [1.29, 1.82) is 0 Å². The summed E-state index contributed by atoms with van der Waals surface area (Å²) in [6.45, 7) is 2.55. The van der Waals surface area contributed by atoms with Crippen LogP contribution in [0.2, 0.25) is 0 Å². The standard InChI is InChI=1S/C23H29N5O5.BrH/c29-20(27-22-25-14-24-15-26-22)12-28-8-5-16(6-9-28)19(11-28)33-21(30)23(31,17-3-1-2-4-17)18-7-10-32-13-18;/h7,10,13-17,19,31H,1-6,8-9,11-12H2;1H/t16?,19-,23?,28?;/m0./s1. The molecule has 1 unspecified atom stereocenters. The first-order valence-electron chi connectivity index (χ1n) is 11.7. The third-order valence-electron chi connectivity index (χ3n) is 7.74. The first-order chi connectivity index (χ1) is 16.0. The Kier molecular flexibility index (Phi) is 7.34. The smallest absolute Gasteiger partial charge is 0.343 e. The Bertz CT molecular complexity index is 977. The van der Waals surface area contributed by atoms with Gasteiger partial charge in [-0.05, 0) is 18.9 Å². The number of amides is 1. The van der Waals surface area contributed by atoms with E-state index in [1.54, 1.807) is 6.07 Å². The van der Waals surface area contributed by atoms with Crippen molar-refractivity contribution in [2.45, 2.75) is 50.2 Å². The number of carbonyl (C=O) groups is 2. The van der Waals surface area contributed by atoms with Crippen LogP contribution in [0.3, 0.4) is 0 Å². The molecule has 3 aliphatic heterocycles. The summed E-state index contributed by atoms with van der Waals surface area (Å²) in [7, 11) is 0. The van der Waals surface area contributed by atoms with E-state index < -0.39 is 11.6 Å². The number of esters is 1. The Hall–Kier alpha value is -2.37. The van der Waals surface area contributed by atoms with Gasteiger partial charge in [-0.25, -0.2) is 19.7 Å². The molecule has 0 spiro atoms. The second-order valence-corrected chi connectivity index (χ2v) is 9.68. The topological polar surface area (TPSA) is 127 Å². The number of carbonyl (C=O) groups excluding carboxylic acids is 2. The number of fused-ring (bicyclic) bond motifs is 3. The highest BCUT2D eigenvalue weighted by Gasteiger charge is 2.53. The van der Waals surface area contributed by atoms with Crippen LogP contribution in [0.5, 0.6) is 0 Å². The summed E-state index contributed by atoms with van der Waals surface area (Å²) in [5.74, 6) is -0.477. The molecule has 2 bridgehead atoms. The molecule has 34 heavy (non-hydrogen) atoms. The Morgan fingerprint density at radius 1 is 1.18 bits per heavy atom. The number of hydrogen-bond donors (Lipinski definition) is 2. The lowest BCUT2D eigenvalue weighted by Gasteiger charge is -2.51. The summed E-state index contributed by atoms with van der Waals surface area (Å²) in [5.41, 5.74) is -1.24. The van der Waals surface area contributed by atoms with Gasteiger partial charge in [0, 0.05) is 30.2 Å². The Labute approximate surface area is 208 Å². The molecule has 4 fully saturated rings. The van der Waals surface area contributed by atoms with Crippen LogP contribution >= 0.6 is 0 Å². The molecular weight excluding hydrogens is 506 g/mol. The minimum Gasteiger partial charge on any atom is -1.00 e. The molecule has 4 aliphatic rings. The third-order valence-corrected chi connectivity index (χ3v) is 7.74. The summed E-state index contributed by atoms with van der Waals surface area (Å²) in [6.07, 6.45) is 10.5. The van der Waals surface area contributed by atoms with Gasteiger partial charge >= 0.3 is 5.97 Å². The first-order valence-corrected chi connectivity index (χ1v) is 11.7. The number of aromatic nitrogens is 3. The number of ether oxygens (including phenoxy) is 1. The Balaban J connectivity index is 0.00000274. The number of hydrogen-bond acceptors (Lipinski definition) is 8. The van der Waals surface area contributed by atoms with E-state index in [4.69, 9.17) is 9.15 Å². The molecule has 10 nitrogen and oxygen atoms in total. The lowest BCUT2D eigenvalue weighted by atomic mass is 9.80. The minimum atomic E-state index is -1.70. The number of furan rings is 1. The predicted octanol–water partition coefficient (Wildman–Crippen LogP) is -1.36. The summed E-state index contributed by atoms with van der Waals surface area (Å²) < 4.78 is 11.8. The third kappa shape index (κ3) is 4.73. The molecule has 2 aromatic heterocycles. The predicted molar refractivity (Wildman–Crippen MR) is 115 cm³/mol. The largest absolute Gasteiger partial charge is 1.00 e. The van der Waals surface area contributed by atoms with Crippen molar-refractivity contribution in [3.05, 3.63) is 36.8 Å². The molecule has 2 aromatic rings. The highest BCUT2D eigenvalue weighted by Crippen LogP contribution is 2.43. The second kappa shape index (κ2) is 10.1. The molecule has 1 amide bonds. The van der Waals surface area contributed by atoms with Gasteiger partial charge in [0.1, 0.15) is 19.2 Å². The zero-order valence-electron chi connectivity index (χ0n) is 18.9. The van der Waals surface area contributed by atoms with Crippen molar-refractivity contribution >= 4 is 17.8 Å². The number of aliphatic hydroxyl groups is 1. The lowest BCUT2D eigenvalue weighted by Crippen LogP contribution is -3.00. The Morgan fingerprint density at radius 3 is 2.53 bits per heavy atom. The fourth-order valence-corrected chi connectivity index (χ4v) is 5.92. The number of quaternary nitrogens is 1. The van der Waals surface area contributed by atoms with Crippen LogP contribution in [0.15, 0.2) is 35.7 Å². The number of anilines is 1. The van der Waals surface area contributed by atoms with Crippen LogP contribution in [0.25, 0.3) is 0 Å². The molecule has 2 atom stereocenters. The van der Waals surface area contributed by atoms with Crippen LogP contribution in [-0.2, 0) is 19.9 Å². The van der Waals surface area contributed by atoms with Crippen LogP contribution < -0.4 is 22.3 Å². The average Bonchev–Trinajstić information content (AvgIpc) is 3.54. The first kappa shape index (κ1) is 24.7. The van der Waals surface area contributed by atoms with Crippen molar-refractivity contribution in [2.75, 3.05) is 31.5 Å². The number of piperidine rings is 3. The normalized spacial score (nSPS) is 28.0. The van der Waals surface area contributed by atoms with Gasteiger partial charge in [0.15, 0.2) is 18.2 Å². The maximum absolute atomic E-state index is 13.4. The lowest BCUT2D eigenvalue weighted by molar-refractivity contribution is -0.939. The van der Waals surface area contributed by atoms with Gasteiger partial charge < -0.3 is 35.7 Å². The number of halogens is 1. The van der Waals surface area contributed by atoms with Crippen molar-refractivity contribution in [3.63, 3.8) is 0 Å². The number of nitrogens with zero attached hydrogens (tertiary/aromatic N) is 4. The fourth-order valence-electron chi connectivity index (χ4n) is 5.92. The van der Waals surface area contributed by atoms with Crippen molar-refractivity contribution in [1.82, 2.24) is 15.0 Å². The zero-order valence-corrected chi connectivity index (χ0v) is 20.5. The van der Waals surface area contributed by atoms with Crippen LogP contribution in [0, 0.1) is 11.8 Å². The molecule has 5 heterocycles. The van der Waals surface area contributed by atoms with Gasteiger partial charge in [-0.3, -0.25) is 10.1 Å². The van der Waals surface area contributed by atoms with E-state index in [1.807, 2.05) is 0 Å². The van der Waals surface area contributed by atoms with Crippen molar-refractivity contribution < 1.29 is 45.3 Å². The monoisotopic (exact) mass is 535 g/mol. The molecule has 1 aliphatic carbocycles. The molecule has 6 rings (SSSR count). The molecular formula is C23H30BrN5O5. The van der Waals surface area contributed by atoms with E-state index in [2.05, 4.69) is 20.3 Å². The van der Waals surface area contributed by atoms with Gasteiger partial charge in [0.25, 0.3) is 5.91 Å². The summed E-state index contributed by atoms with van der Waals surface area (Å²) in [5, 5.41) is 14.3. The molecule has 1 saturated carbocycles. The van der Waals surface area contributed by atoms with E-state index in [0.717, 1.165) is 51.6 Å². The van der Waals surface area contributed by atoms with Crippen molar-refractivity contribution in [2.24, 2.45) is 11.8 Å². The van der Waals surface area contributed by atoms with Gasteiger partial charge in [-0.15, -0.1) is 0 Å². The van der Waals surface area contributed by atoms with Crippen LogP contribution in [0.4, 0.5) is 5.95 Å². The van der Waals surface area contributed by atoms with Crippen LogP contribution in [-0.4, -0.2) is 68.7 Å². The average molecular weight is 536 g/mol. The van der Waals surface area contributed by atoms with Gasteiger partial charge in [0.2, 0.25) is 5.95 Å². The SMILES string of the molecule is O=C(C[N+]12CCC(CC1)[C@@H](OC(=O)C(O)(c1ccoc1)C1CCCC1)C2)Nc1ncncn1.[Br-]. The minimum absolute atomic E-state index is 0. The quantitative estimate of drug-likeness (QED) is 0.328. The maximum Gasteiger partial charge on any atom is 0.343 e. The summed E-state index contributed by atoms with van der Waals surface area (Å²) in [4.78, 5) is 37.8. The van der Waals surface area contributed by atoms with E-state index >= 15 is 0 Å². The maximum atomic E-state index is 13.4. The molecule has 11 heteroatoms. The van der Waals surface area contributed by atoms with E-state index in [1.165, 1.54) is 25.2 Å². The molecule has 0 radical (unpaired) electrons. The van der Waals surface area contributed by atoms with Crippen LogP contribution in [0.1, 0.15) is 44.1 Å². The van der Waals surface area contributed by atoms with Gasteiger partial charge in [-0.1, -0.05) is 12.8 Å². The molecule has 3 saturated heterocycles. The van der Waals surface area contributed by atoms with Gasteiger partial charge in [0.05, 0.1) is 25.6 Å². The fraction of sp³-hybridized carbons (Fsp3) is 0.609. The zero-order chi connectivity index (χ0) is 22.9. The van der Waals surface area contributed by atoms with Crippen molar-refractivity contribution in [3.8, 4) is 0 Å². The number of rotatable bonds is 7. The van der Waals surface area contributed by atoms with E-state index in [0.29, 0.717) is 16.6 Å². The highest BCUT2D eigenvalue weighted by atomic mass is 79.9. The highest BCUT2D eigenvalue weighted by molar-refractivity contribution is 5.89.